The van der Waals surface area contributed by atoms with Gasteiger partial charge in [0.05, 0.1) is 11.5 Å². The maximum atomic E-state index is 11.0. The zero-order valence-electron chi connectivity index (χ0n) is 10.8. The van der Waals surface area contributed by atoms with Crippen molar-refractivity contribution in [1.29, 1.82) is 0 Å². The molecular formula is C13H21NO3S. The van der Waals surface area contributed by atoms with Crippen molar-refractivity contribution in [3.63, 3.8) is 0 Å². The zero-order chi connectivity index (χ0) is 13.4. The summed E-state index contributed by atoms with van der Waals surface area (Å²) >= 11 is 0. The average molecular weight is 271 g/mol. The van der Waals surface area contributed by atoms with Gasteiger partial charge in [-0.2, -0.15) is 0 Å². The summed E-state index contributed by atoms with van der Waals surface area (Å²) in [5, 5.41) is 5.01. The Kier molecular flexibility index (Phi) is 6.15. The summed E-state index contributed by atoms with van der Waals surface area (Å²) < 4.78 is 27.6. The van der Waals surface area contributed by atoms with E-state index in [1.807, 2.05) is 0 Å². The van der Waals surface area contributed by atoms with Crippen LogP contribution in [-0.2, 0) is 10.0 Å². The zero-order valence-corrected chi connectivity index (χ0v) is 11.6. The lowest BCUT2D eigenvalue weighted by Crippen LogP contribution is -2.11. The highest BCUT2D eigenvalue weighted by molar-refractivity contribution is 7.89. The molecule has 0 aliphatic carbocycles. The first-order valence-electron chi connectivity index (χ1n) is 6.29. The number of hydrogen-bond donors (Lipinski definition) is 1. The lowest BCUT2D eigenvalue weighted by molar-refractivity contribution is 0.304. The molecule has 5 heteroatoms. The molecule has 0 bridgehead atoms. The Morgan fingerprint density at radius 2 is 1.67 bits per heavy atom. The van der Waals surface area contributed by atoms with Gasteiger partial charge in [-0.15, -0.1) is 0 Å². The molecule has 0 spiro atoms. The molecule has 0 saturated carbocycles. The van der Waals surface area contributed by atoms with Crippen LogP contribution in [0.1, 0.15) is 39.0 Å². The Labute approximate surface area is 109 Å². The maximum Gasteiger partial charge on any atom is 0.238 e. The van der Waals surface area contributed by atoms with E-state index in [0.717, 1.165) is 6.42 Å². The van der Waals surface area contributed by atoms with Crippen LogP contribution in [0.4, 0.5) is 0 Å². The maximum absolute atomic E-state index is 11.0. The van der Waals surface area contributed by atoms with E-state index in [9.17, 15) is 8.42 Å². The number of hydrogen-bond acceptors (Lipinski definition) is 3. The summed E-state index contributed by atoms with van der Waals surface area (Å²) in [5.74, 6) is 0.679. The molecule has 18 heavy (non-hydrogen) atoms. The summed E-state index contributed by atoms with van der Waals surface area (Å²) in [7, 11) is -3.61. The molecule has 1 aromatic rings. The van der Waals surface area contributed by atoms with Crippen LogP contribution in [0.15, 0.2) is 29.2 Å². The quantitative estimate of drug-likeness (QED) is 0.739. The van der Waals surface area contributed by atoms with Gasteiger partial charge < -0.3 is 4.74 Å². The van der Waals surface area contributed by atoms with Crippen molar-refractivity contribution in [1.82, 2.24) is 0 Å². The lowest BCUT2D eigenvalue weighted by atomic mass is 10.2. The fraction of sp³-hybridized carbons (Fsp3) is 0.538. The molecule has 0 unspecified atom stereocenters. The van der Waals surface area contributed by atoms with Crippen molar-refractivity contribution >= 4 is 10.0 Å². The van der Waals surface area contributed by atoms with E-state index < -0.39 is 10.0 Å². The Hall–Kier alpha value is -1.07. The highest BCUT2D eigenvalue weighted by Crippen LogP contribution is 2.15. The standard InChI is InChI=1S/C13H21NO3S/c1-2-3-4-5-6-11-17-12-7-9-13(10-8-12)18(14,15)16/h7-10H,2-6,11H2,1H3,(H2,14,15,16). The number of benzene rings is 1. The van der Waals surface area contributed by atoms with E-state index in [-0.39, 0.29) is 4.90 Å². The molecule has 0 amide bonds. The van der Waals surface area contributed by atoms with E-state index in [0.29, 0.717) is 12.4 Å². The van der Waals surface area contributed by atoms with Crippen molar-refractivity contribution in [2.75, 3.05) is 6.61 Å². The molecule has 0 heterocycles. The van der Waals surface area contributed by atoms with Gasteiger partial charge in [-0.3, -0.25) is 0 Å². The number of rotatable bonds is 8. The minimum absolute atomic E-state index is 0.109. The predicted octanol–water partition coefficient (Wildman–Crippen LogP) is 2.68. The van der Waals surface area contributed by atoms with Crippen LogP contribution in [0.3, 0.4) is 0 Å². The van der Waals surface area contributed by atoms with Crippen molar-refractivity contribution in [3.8, 4) is 5.75 Å². The average Bonchev–Trinajstić information content (AvgIpc) is 2.33. The Morgan fingerprint density at radius 1 is 1.06 bits per heavy atom. The second-order valence-corrected chi connectivity index (χ2v) is 5.84. The first-order chi connectivity index (χ1) is 8.54. The van der Waals surface area contributed by atoms with Crippen LogP contribution < -0.4 is 9.88 Å². The fourth-order valence-corrected chi connectivity index (χ4v) is 2.14. The number of sulfonamides is 1. The summed E-state index contributed by atoms with van der Waals surface area (Å²) in [4.78, 5) is 0.109. The van der Waals surface area contributed by atoms with Gasteiger partial charge in [0.2, 0.25) is 10.0 Å². The smallest absolute Gasteiger partial charge is 0.238 e. The van der Waals surface area contributed by atoms with Crippen molar-refractivity contribution < 1.29 is 13.2 Å². The lowest BCUT2D eigenvalue weighted by Gasteiger charge is -2.06. The van der Waals surface area contributed by atoms with Gasteiger partial charge in [-0.05, 0) is 30.7 Å². The second kappa shape index (κ2) is 7.38. The molecule has 0 saturated heterocycles. The third-order valence-corrected chi connectivity index (χ3v) is 3.60. The largest absolute Gasteiger partial charge is 0.494 e. The van der Waals surface area contributed by atoms with Gasteiger partial charge in [-0.25, -0.2) is 13.6 Å². The Morgan fingerprint density at radius 3 is 2.22 bits per heavy atom. The Bertz CT molecular complexity index is 440. The molecule has 0 atom stereocenters. The molecule has 0 aliphatic heterocycles. The van der Waals surface area contributed by atoms with Gasteiger partial charge in [0.1, 0.15) is 5.75 Å². The van der Waals surface area contributed by atoms with Gasteiger partial charge in [0.15, 0.2) is 0 Å². The normalized spacial score (nSPS) is 11.4. The molecular weight excluding hydrogens is 250 g/mol. The van der Waals surface area contributed by atoms with Crippen molar-refractivity contribution in [2.24, 2.45) is 5.14 Å². The highest BCUT2D eigenvalue weighted by Gasteiger charge is 2.06. The Balaban J connectivity index is 2.32. The first-order valence-corrected chi connectivity index (χ1v) is 7.84. The summed E-state index contributed by atoms with van der Waals surface area (Å²) in [6, 6.07) is 6.18. The third kappa shape index (κ3) is 5.51. The summed E-state index contributed by atoms with van der Waals surface area (Å²) in [6.07, 6.45) is 5.93. The number of unbranched alkanes of at least 4 members (excludes halogenated alkanes) is 4. The number of primary sulfonamides is 1. The van der Waals surface area contributed by atoms with E-state index in [2.05, 4.69) is 6.92 Å². The fourth-order valence-electron chi connectivity index (χ4n) is 1.62. The highest BCUT2D eigenvalue weighted by atomic mass is 32.2. The van der Waals surface area contributed by atoms with Crippen LogP contribution >= 0.6 is 0 Å². The minimum atomic E-state index is -3.61. The minimum Gasteiger partial charge on any atom is -0.494 e. The molecule has 0 radical (unpaired) electrons. The molecule has 2 N–H and O–H groups in total. The topological polar surface area (TPSA) is 69.4 Å². The van der Waals surface area contributed by atoms with E-state index >= 15 is 0 Å². The van der Waals surface area contributed by atoms with Crippen LogP contribution in [-0.4, -0.2) is 15.0 Å². The van der Waals surface area contributed by atoms with Gasteiger partial charge in [-0.1, -0.05) is 32.6 Å². The third-order valence-electron chi connectivity index (χ3n) is 2.67. The molecule has 1 aromatic carbocycles. The van der Waals surface area contributed by atoms with Gasteiger partial charge >= 0.3 is 0 Å². The monoisotopic (exact) mass is 271 g/mol. The SMILES string of the molecule is CCCCCCCOc1ccc(S(N)(=O)=O)cc1. The second-order valence-electron chi connectivity index (χ2n) is 4.28. The first kappa shape index (κ1) is 15.0. The van der Waals surface area contributed by atoms with Crippen LogP contribution in [0.2, 0.25) is 0 Å². The van der Waals surface area contributed by atoms with E-state index in [1.165, 1.54) is 37.8 Å². The van der Waals surface area contributed by atoms with Gasteiger partial charge in [0, 0.05) is 0 Å². The van der Waals surface area contributed by atoms with E-state index in [4.69, 9.17) is 9.88 Å². The van der Waals surface area contributed by atoms with Crippen LogP contribution in [0, 0.1) is 0 Å². The molecule has 0 aromatic heterocycles. The molecule has 0 fully saturated rings. The summed E-state index contributed by atoms with van der Waals surface area (Å²) in [6.45, 7) is 2.85. The number of nitrogens with two attached hydrogens (primary N) is 1. The molecule has 4 nitrogen and oxygen atoms in total. The van der Waals surface area contributed by atoms with Crippen molar-refractivity contribution in [3.05, 3.63) is 24.3 Å². The predicted molar refractivity (Wildman–Crippen MR) is 72.1 cm³/mol. The van der Waals surface area contributed by atoms with Crippen molar-refractivity contribution in [2.45, 2.75) is 43.9 Å². The van der Waals surface area contributed by atoms with Crippen LogP contribution in [0.25, 0.3) is 0 Å². The van der Waals surface area contributed by atoms with E-state index in [1.54, 1.807) is 12.1 Å². The van der Waals surface area contributed by atoms with Gasteiger partial charge in [0.25, 0.3) is 0 Å². The number of ether oxygens (including phenoxy) is 1. The molecule has 102 valence electrons. The molecule has 0 aliphatic rings. The summed E-state index contributed by atoms with van der Waals surface area (Å²) in [5.41, 5.74) is 0. The molecule has 1 rings (SSSR count). The van der Waals surface area contributed by atoms with Crippen LogP contribution in [0.5, 0.6) is 5.75 Å².